The van der Waals surface area contributed by atoms with Gasteiger partial charge in [0.15, 0.2) is 0 Å². The summed E-state index contributed by atoms with van der Waals surface area (Å²) in [5.41, 5.74) is 0.166. The van der Waals surface area contributed by atoms with E-state index < -0.39 is 33.9 Å². The number of carbonyl (C=O) groups excluding carboxylic acids is 1. The minimum Gasteiger partial charge on any atom is -0.481 e. The Balaban J connectivity index is 1.93. The number of hydrogen-bond acceptors (Lipinski definition) is 5. The minimum absolute atomic E-state index is 0.00371. The molecule has 1 aromatic carbocycles. The third-order valence-electron chi connectivity index (χ3n) is 4.71. The van der Waals surface area contributed by atoms with Crippen LogP contribution in [0.4, 0.5) is 0 Å². The monoisotopic (exact) mass is 353 g/mol. The molecule has 7 nitrogen and oxygen atoms in total. The van der Waals surface area contributed by atoms with E-state index in [0.717, 1.165) is 0 Å². The number of carbonyl (C=O) groups is 2. The van der Waals surface area contributed by atoms with E-state index in [9.17, 15) is 23.1 Å². The number of hydrogen-bond donors (Lipinski definition) is 1. The molecule has 0 radical (unpaired) electrons. The molecule has 3 rings (SSSR count). The third kappa shape index (κ3) is 2.69. The highest BCUT2D eigenvalue weighted by atomic mass is 32.2. The van der Waals surface area contributed by atoms with E-state index in [2.05, 4.69) is 0 Å². The summed E-state index contributed by atoms with van der Waals surface area (Å²) >= 11 is 0. The molecule has 0 aromatic heterocycles. The lowest BCUT2D eigenvalue weighted by atomic mass is 9.89. The Hall–Kier alpha value is -1.93. The normalized spacial score (nSPS) is 26.5. The Morgan fingerprint density at radius 3 is 2.71 bits per heavy atom. The van der Waals surface area contributed by atoms with Gasteiger partial charge < -0.3 is 9.84 Å². The van der Waals surface area contributed by atoms with Crippen molar-refractivity contribution in [2.24, 2.45) is 5.92 Å². The molecule has 2 aliphatic heterocycles. The number of rotatable bonds is 5. The van der Waals surface area contributed by atoms with Gasteiger partial charge in [-0.2, -0.15) is 4.31 Å². The first kappa shape index (κ1) is 16.9. The quantitative estimate of drug-likeness (QED) is 0.805. The molecule has 130 valence electrons. The van der Waals surface area contributed by atoms with E-state index in [-0.39, 0.29) is 23.1 Å². The number of carboxylic acids is 1. The number of ether oxygens (including phenoxy) is 1. The van der Waals surface area contributed by atoms with Crippen LogP contribution in [0.25, 0.3) is 0 Å². The summed E-state index contributed by atoms with van der Waals surface area (Å²) in [7, 11) is -3.85. The molecule has 1 aromatic rings. The van der Waals surface area contributed by atoms with Gasteiger partial charge >= 0.3 is 11.9 Å². The van der Waals surface area contributed by atoms with Gasteiger partial charge in [0, 0.05) is 12.1 Å². The van der Waals surface area contributed by atoms with Gasteiger partial charge in [0.2, 0.25) is 10.0 Å². The van der Waals surface area contributed by atoms with Crippen molar-refractivity contribution in [2.75, 3.05) is 6.61 Å². The summed E-state index contributed by atoms with van der Waals surface area (Å²) in [4.78, 5) is 23.1. The van der Waals surface area contributed by atoms with Crippen LogP contribution in [0.5, 0.6) is 0 Å². The summed E-state index contributed by atoms with van der Waals surface area (Å²) in [5, 5.41) is 9.28. The molecule has 2 fully saturated rings. The molecule has 0 amide bonds. The maximum atomic E-state index is 13.0. The van der Waals surface area contributed by atoms with E-state index in [1.807, 2.05) is 0 Å². The highest BCUT2D eigenvalue weighted by Crippen LogP contribution is 2.45. The maximum Gasteiger partial charge on any atom is 0.338 e. The first-order valence-corrected chi connectivity index (χ1v) is 9.33. The van der Waals surface area contributed by atoms with Gasteiger partial charge in [0.1, 0.15) is 0 Å². The fourth-order valence-corrected chi connectivity index (χ4v) is 5.66. The van der Waals surface area contributed by atoms with Gasteiger partial charge in [0.25, 0.3) is 0 Å². The average Bonchev–Trinajstić information content (AvgIpc) is 3.14. The summed E-state index contributed by atoms with van der Waals surface area (Å²) in [5.74, 6) is -2.20. The van der Waals surface area contributed by atoms with Crippen LogP contribution in [0, 0.1) is 5.92 Å². The topological polar surface area (TPSA) is 101 Å². The minimum atomic E-state index is -3.85. The van der Waals surface area contributed by atoms with Crippen LogP contribution in [0.2, 0.25) is 0 Å². The molecule has 3 unspecified atom stereocenters. The smallest absolute Gasteiger partial charge is 0.338 e. The highest BCUT2D eigenvalue weighted by molar-refractivity contribution is 7.89. The largest absolute Gasteiger partial charge is 0.481 e. The van der Waals surface area contributed by atoms with Crippen LogP contribution in [-0.2, 0) is 19.6 Å². The molecule has 1 N–H and O–H groups in total. The molecule has 8 heteroatoms. The van der Waals surface area contributed by atoms with E-state index in [1.165, 1.54) is 28.6 Å². The molecular formula is C16H19NO6S. The van der Waals surface area contributed by atoms with E-state index in [0.29, 0.717) is 19.3 Å². The van der Waals surface area contributed by atoms with Crippen molar-refractivity contribution in [2.45, 2.75) is 43.2 Å². The predicted molar refractivity (Wildman–Crippen MR) is 84.0 cm³/mol. The lowest BCUT2D eigenvalue weighted by Gasteiger charge is -2.22. The SMILES string of the molecule is CCOC(=O)c1cccc(S(=O)(=O)N2C3CCC2C(C(=O)O)C3)c1. The maximum absolute atomic E-state index is 13.0. The van der Waals surface area contributed by atoms with Crippen molar-refractivity contribution in [1.82, 2.24) is 4.31 Å². The van der Waals surface area contributed by atoms with E-state index in [4.69, 9.17) is 4.74 Å². The van der Waals surface area contributed by atoms with Gasteiger partial charge in [-0.05, 0) is 44.4 Å². The van der Waals surface area contributed by atoms with E-state index in [1.54, 1.807) is 6.92 Å². The van der Waals surface area contributed by atoms with Gasteiger partial charge in [-0.3, -0.25) is 4.79 Å². The van der Waals surface area contributed by atoms with Crippen molar-refractivity contribution in [3.05, 3.63) is 29.8 Å². The van der Waals surface area contributed by atoms with Gasteiger partial charge in [-0.15, -0.1) is 0 Å². The Morgan fingerprint density at radius 1 is 1.33 bits per heavy atom. The zero-order chi connectivity index (χ0) is 17.5. The molecule has 2 aliphatic rings. The van der Waals surface area contributed by atoms with Crippen LogP contribution in [-0.4, -0.2) is 48.5 Å². The average molecular weight is 353 g/mol. The Kier molecular flexibility index (Phi) is 4.35. The van der Waals surface area contributed by atoms with Crippen molar-refractivity contribution in [3.8, 4) is 0 Å². The second kappa shape index (κ2) is 6.18. The molecule has 2 heterocycles. The van der Waals surface area contributed by atoms with Crippen LogP contribution < -0.4 is 0 Å². The Morgan fingerprint density at radius 2 is 2.08 bits per heavy atom. The lowest BCUT2D eigenvalue weighted by Crippen LogP contribution is -2.37. The molecule has 2 bridgehead atoms. The van der Waals surface area contributed by atoms with Crippen LogP contribution in [0.15, 0.2) is 29.2 Å². The molecular weight excluding hydrogens is 334 g/mol. The van der Waals surface area contributed by atoms with Crippen molar-refractivity contribution < 1.29 is 27.9 Å². The number of nitrogens with zero attached hydrogens (tertiary/aromatic N) is 1. The molecule has 0 saturated carbocycles. The molecule has 24 heavy (non-hydrogen) atoms. The number of carboxylic acid groups (broad SMARTS) is 1. The van der Waals surface area contributed by atoms with E-state index >= 15 is 0 Å². The third-order valence-corrected chi connectivity index (χ3v) is 6.68. The number of fused-ring (bicyclic) bond motifs is 2. The van der Waals surface area contributed by atoms with Crippen LogP contribution >= 0.6 is 0 Å². The number of benzene rings is 1. The standard InChI is InChI=1S/C16H19NO6S/c1-2-23-16(20)10-4-3-5-12(8-10)24(21,22)17-11-6-7-14(17)13(9-11)15(18)19/h3-5,8,11,13-14H,2,6-7,9H2,1H3,(H,18,19). The number of sulfonamides is 1. The van der Waals surface area contributed by atoms with Crippen molar-refractivity contribution in [1.29, 1.82) is 0 Å². The fourth-order valence-electron chi connectivity index (χ4n) is 3.70. The van der Waals surface area contributed by atoms with Crippen LogP contribution in [0.3, 0.4) is 0 Å². The van der Waals surface area contributed by atoms with Gasteiger partial charge in [0.05, 0.1) is 23.0 Å². The predicted octanol–water partition coefficient (Wildman–Crippen LogP) is 1.49. The number of esters is 1. The first-order valence-electron chi connectivity index (χ1n) is 7.89. The molecule has 0 spiro atoms. The Bertz CT molecular complexity index is 775. The summed E-state index contributed by atoms with van der Waals surface area (Å²) in [6.07, 6.45) is 1.57. The highest BCUT2D eigenvalue weighted by Gasteiger charge is 2.54. The zero-order valence-corrected chi connectivity index (χ0v) is 14.0. The van der Waals surface area contributed by atoms with Crippen molar-refractivity contribution >= 4 is 22.0 Å². The molecule has 3 atom stereocenters. The van der Waals surface area contributed by atoms with Gasteiger partial charge in [-0.25, -0.2) is 13.2 Å². The van der Waals surface area contributed by atoms with Gasteiger partial charge in [-0.1, -0.05) is 6.07 Å². The fraction of sp³-hybridized carbons (Fsp3) is 0.500. The molecule has 2 saturated heterocycles. The first-order chi connectivity index (χ1) is 11.4. The van der Waals surface area contributed by atoms with Crippen molar-refractivity contribution in [3.63, 3.8) is 0 Å². The second-order valence-corrected chi connectivity index (χ2v) is 7.91. The Labute approximate surface area is 140 Å². The summed E-state index contributed by atoms with van der Waals surface area (Å²) < 4.78 is 32.2. The lowest BCUT2D eigenvalue weighted by molar-refractivity contribution is -0.142. The van der Waals surface area contributed by atoms with Crippen LogP contribution in [0.1, 0.15) is 36.5 Å². The zero-order valence-electron chi connectivity index (χ0n) is 13.2. The summed E-state index contributed by atoms with van der Waals surface area (Å²) in [6, 6.07) is 4.91. The second-order valence-electron chi connectivity index (χ2n) is 6.06. The number of aliphatic carboxylic acids is 1. The molecule has 0 aliphatic carbocycles. The summed E-state index contributed by atoms with van der Waals surface area (Å²) in [6.45, 7) is 1.87.